The molecule has 1 aliphatic rings. The molecule has 0 unspecified atom stereocenters. The highest BCUT2D eigenvalue weighted by Crippen LogP contribution is 2.23. The van der Waals surface area contributed by atoms with E-state index in [1.807, 2.05) is 41.3 Å². The number of aromatic nitrogens is 4. The van der Waals surface area contributed by atoms with E-state index in [9.17, 15) is 4.79 Å². The summed E-state index contributed by atoms with van der Waals surface area (Å²) in [6.07, 6.45) is 0. The molecule has 2 aromatic carbocycles. The Morgan fingerprint density at radius 2 is 1.66 bits per heavy atom. The van der Waals surface area contributed by atoms with Gasteiger partial charge >= 0.3 is 6.03 Å². The Kier molecular flexibility index (Phi) is 6.43. The standard InChI is InChI=1S/C23H28ClN7O/c1-23(2,3)17-4-8-19(9-5-17)25-22(32)30-14-12-29(13-15-30)16-21-26-27-28-31(21)20-10-6-18(24)7-11-20/h4-11H,12-16H2,1-3H3,(H,25,32). The second-order valence-corrected chi connectivity index (χ2v) is 9.44. The van der Waals surface area contributed by atoms with Crippen LogP contribution in [0.4, 0.5) is 10.5 Å². The molecule has 1 aromatic heterocycles. The van der Waals surface area contributed by atoms with Crippen LogP contribution in [0.1, 0.15) is 32.2 Å². The summed E-state index contributed by atoms with van der Waals surface area (Å²) in [5.74, 6) is 0.754. The molecule has 168 valence electrons. The van der Waals surface area contributed by atoms with Crippen molar-refractivity contribution in [3.8, 4) is 5.69 Å². The number of nitrogens with one attached hydrogen (secondary N) is 1. The molecule has 0 saturated carbocycles. The highest BCUT2D eigenvalue weighted by molar-refractivity contribution is 6.30. The number of anilines is 1. The number of hydrogen-bond acceptors (Lipinski definition) is 5. The summed E-state index contributed by atoms with van der Waals surface area (Å²) in [5.41, 5.74) is 3.01. The normalized spacial score (nSPS) is 15.1. The number of halogens is 1. The molecule has 9 heteroatoms. The summed E-state index contributed by atoms with van der Waals surface area (Å²) < 4.78 is 1.72. The van der Waals surface area contributed by atoms with Gasteiger partial charge in [-0.05, 0) is 57.8 Å². The van der Waals surface area contributed by atoms with Gasteiger partial charge in [0, 0.05) is 36.9 Å². The fraction of sp³-hybridized carbons (Fsp3) is 0.391. The van der Waals surface area contributed by atoms with Crippen molar-refractivity contribution in [2.45, 2.75) is 32.7 Å². The third-order valence-corrected chi connectivity index (χ3v) is 5.88. The topological polar surface area (TPSA) is 79.2 Å². The molecule has 4 rings (SSSR count). The van der Waals surface area contributed by atoms with Crippen molar-refractivity contribution >= 4 is 23.3 Å². The summed E-state index contributed by atoms with van der Waals surface area (Å²) in [6.45, 7) is 9.94. The maximum atomic E-state index is 12.7. The minimum Gasteiger partial charge on any atom is -0.322 e. The van der Waals surface area contributed by atoms with Crippen molar-refractivity contribution in [2.24, 2.45) is 0 Å². The monoisotopic (exact) mass is 453 g/mol. The number of urea groups is 1. The minimum atomic E-state index is -0.0702. The van der Waals surface area contributed by atoms with E-state index in [4.69, 9.17) is 11.6 Å². The summed E-state index contributed by atoms with van der Waals surface area (Å²) in [4.78, 5) is 16.8. The van der Waals surface area contributed by atoms with Crippen LogP contribution in [-0.2, 0) is 12.0 Å². The third kappa shape index (κ3) is 5.26. The van der Waals surface area contributed by atoms with Gasteiger partial charge in [0.15, 0.2) is 5.82 Å². The average Bonchev–Trinajstić information content (AvgIpc) is 3.22. The second-order valence-electron chi connectivity index (χ2n) is 9.00. The fourth-order valence-corrected chi connectivity index (χ4v) is 3.78. The van der Waals surface area contributed by atoms with E-state index in [2.05, 4.69) is 58.6 Å². The van der Waals surface area contributed by atoms with Gasteiger partial charge in [0.25, 0.3) is 0 Å². The number of hydrogen-bond donors (Lipinski definition) is 1. The van der Waals surface area contributed by atoms with Crippen molar-refractivity contribution in [3.05, 3.63) is 64.9 Å². The molecule has 0 spiro atoms. The Hall–Kier alpha value is -2.97. The molecule has 2 amide bonds. The van der Waals surface area contributed by atoms with Crippen molar-refractivity contribution < 1.29 is 4.79 Å². The van der Waals surface area contributed by atoms with E-state index in [0.717, 1.165) is 30.3 Å². The highest BCUT2D eigenvalue weighted by atomic mass is 35.5. The first-order valence-corrected chi connectivity index (χ1v) is 11.1. The van der Waals surface area contributed by atoms with Gasteiger partial charge in [0.1, 0.15) is 0 Å². The Bertz CT molecular complexity index is 1050. The number of tetrazole rings is 1. The molecule has 1 N–H and O–H groups in total. The van der Waals surface area contributed by atoms with Gasteiger partial charge in [-0.3, -0.25) is 4.90 Å². The van der Waals surface area contributed by atoms with Crippen molar-refractivity contribution in [1.82, 2.24) is 30.0 Å². The Morgan fingerprint density at radius 1 is 1.00 bits per heavy atom. The van der Waals surface area contributed by atoms with Gasteiger partial charge in [-0.25, -0.2) is 4.79 Å². The van der Waals surface area contributed by atoms with E-state index >= 15 is 0 Å². The molecule has 3 aromatic rings. The summed E-state index contributed by atoms with van der Waals surface area (Å²) in [5, 5.41) is 15.8. The van der Waals surface area contributed by atoms with E-state index in [1.54, 1.807) is 4.68 Å². The first-order valence-electron chi connectivity index (χ1n) is 10.7. The quantitative estimate of drug-likeness (QED) is 0.646. The Labute approximate surface area is 193 Å². The Morgan fingerprint density at radius 3 is 2.28 bits per heavy atom. The molecule has 0 aliphatic carbocycles. The van der Waals surface area contributed by atoms with Crippen LogP contribution >= 0.6 is 11.6 Å². The van der Waals surface area contributed by atoms with Crippen LogP contribution in [-0.4, -0.2) is 62.2 Å². The lowest BCUT2D eigenvalue weighted by Gasteiger charge is -2.34. The van der Waals surface area contributed by atoms with Gasteiger partial charge in [-0.15, -0.1) is 5.10 Å². The molecule has 1 saturated heterocycles. The molecule has 1 fully saturated rings. The van der Waals surface area contributed by atoms with E-state index in [0.29, 0.717) is 24.7 Å². The number of carbonyl (C=O) groups is 1. The zero-order chi connectivity index (χ0) is 22.7. The van der Waals surface area contributed by atoms with Crippen LogP contribution in [0.15, 0.2) is 48.5 Å². The smallest absolute Gasteiger partial charge is 0.321 e. The number of piperazine rings is 1. The molecule has 1 aliphatic heterocycles. The van der Waals surface area contributed by atoms with Gasteiger partial charge in [-0.2, -0.15) is 4.68 Å². The van der Waals surface area contributed by atoms with E-state index < -0.39 is 0 Å². The van der Waals surface area contributed by atoms with Crippen LogP contribution < -0.4 is 5.32 Å². The lowest BCUT2D eigenvalue weighted by molar-refractivity contribution is 0.140. The molecule has 0 atom stereocenters. The van der Waals surface area contributed by atoms with Gasteiger partial charge in [0.2, 0.25) is 0 Å². The third-order valence-electron chi connectivity index (χ3n) is 5.63. The number of nitrogens with zero attached hydrogens (tertiary/aromatic N) is 6. The van der Waals surface area contributed by atoms with E-state index in [1.165, 1.54) is 5.56 Å². The molecular weight excluding hydrogens is 426 g/mol. The minimum absolute atomic E-state index is 0.0702. The number of rotatable bonds is 4. The first kappa shape index (κ1) is 22.2. The molecule has 2 heterocycles. The van der Waals surface area contributed by atoms with Crippen LogP contribution in [0.5, 0.6) is 0 Å². The lowest BCUT2D eigenvalue weighted by atomic mass is 9.87. The van der Waals surface area contributed by atoms with Crippen molar-refractivity contribution in [1.29, 1.82) is 0 Å². The van der Waals surface area contributed by atoms with Crippen LogP contribution in [0.3, 0.4) is 0 Å². The highest BCUT2D eigenvalue weighted by Gasteiger charge is 2.23. The summed E-state index contributed by atoms with van der Waals surface area (Å²) in [7, 11) is 0. The predicted octanol–water partition coefficient (Wildman–Crippen LogP) is 3.96. The molecule has 32 heavy (non-hydrogen) atoms. The number of benzene rings is 2. The van der Waals surface area contributed by atoms with Crippen LogP contribution in [0, 0.1) is 0 Å². The SMILES string of the molecule is CC(C)(C)c1ccc(NC(=O)N2CCN(Cc3nnnn3-c3ccc(Cl)cc3)CC2)cc1. The summed E-state index contributed by atoms with van der Waals surface area (Å²) >= 11 is 5.98. The average molecular weight is 454 g/mol. The predicted molar refractivity (Wildman–Crippen MR) is 125 cm³/mol. The summed E-state index contributed by atoms with van der Waals surface area (Å²) in [6, 6.07) is 15.4. The lowest BCUT2D eigenvalue weighted by Crippen LogP contribution is -2.49. The van der Waals surface area contributed by atoms with Crippen molar-refractivity contribution in [2.75, 3.05) is 31.5 Å². The van der Waals surface area contributed by atoms with Gasteiger partial charge in [-0.1, -0.05) is 44.5 Å². The zero-order valence-corrected chi connectivity index (χ0v) is 19.4. The van der Waals surface area contributed by atoms with E-state index in [-0.39, 0.29) is 11.4 Å². The Balaban J connectivity index is 1.31. The first-order chi connectivity index (χ1) is 15.3. The van der Waals surface area contributed by atoms with Gasteiger partial charge in [0.05, 0.1) is 12.2 Å². The number of amides is 2. The second kappa shape index (κ2) is 9.26. The molecule has 0 bridgehead atoms. The molecule has 0 radical (unpaired) electrons. The van der Waals surface area contributed by atoms with Crippen LogP contribution in [0.25, 0.3) is 5.69 Å². The molecular formula is C23H28ClN7O. The zero-order valence-electron chi connectivity index (χ0n) is 18.6. The molecule has 8 nitrogen and oxygen atoms in total. The van der Waals surface area contributed by atoms with Crippen LogP contribution in [0.2, 0.25) is 5.02 Å². The van der Waals surface area contributed by atoms with Crippen molar-refractivity contribution in [3.63, 3.8) is 0 Å². The largest absolute Gasteiger partial charge is 0.322 e. The number of carbonyl (C=O) groups excluding carboxylic acids is 1. The maximum absolute atomic E-state index is 12.7. The maximum Gasteiger partial charge on any atom is 0.321 e. The fourth-order valence-electron chi connectivity index (χ4n) is 3.65. The van der Waals surface area contributed by atoms with Gasteiger partial charge < -0.3 is 10.2 Å².